The number of rotatable bonds is 1. The van der Waals surface area contributed by atoms with Gasteiger partial charge in [0.2, 0.25) is 0 Å². The molecule has 1 aliphatic heterocycles. The van der Waals surface area contributed by atoms with Gasteiger partial charge >= 0.3 is 6.09 Å². The summed E-state index contributed by atoms with van der Waals surface area (Å²) in [4.78, 5) is 37.2. The first-order valence-electron chi connectivity index (χ1n) is 8.62. The molecule has 0 spiro atoms. The van der Waals surface area contributed by atoms with Crippen LogP contribution in [0.1, 0.15) is 57.7 Å². The molecule has 0 radical (unpaired) electrons. The molecule has 2 amide bonds. The fourth-order valence-corrected chi connectivity index (χ4v) is 3.01. The van der Waals surface area contributed by atoms with Gasteiger partial charge in [0.15, 0.2) is 0 Å². The predicted octanol–water partition coefficient (Wildman–Crippen LogP) is 2.64. The molecular weight excluding hydrogens is 320 g/mol. The lowest BCUT2D eigenvalue weighted by molar-refractivity contribution is -0.0238. The fraction of sp³-hybridized carbons (Fsp3) is 0.667. The fourth-order valence-electron chi connectivity index (χ4n) is 3.01. The van der Waals surface area contributed by atoms with E-state index < -0.39 is 5.60 Å². The number of hydrogen-bond donors (Lipinski definition) is 0. The third kappa shape index (κ3) is 4.27. The number of carbonyl (C=O) groups excluding carboxylic acids is 2. The number of nitrogens with zero attached hydrogens (tertiary/aromatic N) is 4. The first-order chi connectivity index (χ1) is 11.5. The maximum Gasteiger partial charge on any atom is 0.410 e. The van der Waals surface area contributed by atoms with Crippen LogP contribution in [-0.2, 0) is 4.74 Å². The number of ether oxygens (including phenoxy) is 1. The van der Waals surface area contributed by atoms with Crippen LogP contribution in [-0.4, -0.2) is 62.0 Å². The van der Waals surface area contributed by atoms with Gasteiger partial charge in [-0.3, -0.25) is 9.78 Å². The smallest absolute Gasteiger partial charge is 0.410 e. The first kappa shape index (κ1) is 19.1. The van der Waals surface area contributed by atoms with Crippen molar-refractivity contribution in [1.29, 1.82) is 0 Å². The Labute approximate surface area is 149 Å². The maximum absolute atomic E-state index is 12.9. The van der Waals surface area contributed by atoms with Crippen molar-refractivity contribution in [3.63, 3.8) is 0 Å². The Kier molecular flexibility index (Phi) is 5.34. The lowest BCUT2D eigenvalue weighted by atomic mass is 10.00. The number of piperazine rings is 1. The number of aromatic nitrogens is 2. The van der Waals surface area contributed by atoms with E-state index in [9.17, 15) is 9.59 Å². The minimum atomic E-state index is -0.548. The van der Waals surface area contributed by atoms with Crippen LogP contribution in [0.2, 0.25) is 0 Å². The topological polar surface area (TPSA) is 75.6 Å². The monoisotopic (exact) mass is 348 g/mol. The van der Waals surface area contributed by atoms with Crippen molar-refractivity contribution >= 4 is 12.0 Å². The highest BCUT2D eigenvalue weighted by Crippen LogP contribution is 2.25. The van der Waals surface area contributed by atoms with Gasteiger partial charge in [-0.2, -0.15) is 0 Å². The molecule has 0 N–H and O–H groups in total. The number of amides is 2. The van der Waals surface area contributed by atoms with E-state index in [2.05, 4.69) is 9.97 Å². The zero-order valence-corrected chi connectivity index (χ0v) is 16.1. The van der Waals surface area contributed by atoms with Crippen molar-refractivity contribution in [3.05, 3.63) is 23.8 Å². The van der Waals surface area contributed by atoms with E-state index in [1.54, 1.807) is 16.0 Å². The number of aryl methyl sites for hydroxylation is 1. The highest BCUT2D eigenvalue weighted by molar-refractivity contribution is 5.92. The second kappa shape index (κ2) is 6.98. The summed E-state index contributed by atoms with van der Waals surface area (Å²) in [5.74, 6) is -0.164. The summed E-state index contributed by atoms with van der Waals surface area (Å²) in [7, 11) is 0. The molecule has 1 aromatic heterocycles. The Morgan fingerprint density at radius 3 is 2.28 bits per heavy atom. The van der Waals surface area contributed by atoms with Crippen LogP contribution in [0.25, 0.3) is 0 Å². The van der Waals surface area contributed by atoms with Crippen LogP contribution in [0.3, 0.4) is 0 Å². The zero-order valence-electron chi connectivity index (χ0n) is 16.1. The molecule has 0 aliphatic carbocycles. The molecule has 25 heavy (non-hydrogen) atoms. The average molecular weight is 348 g/mol. The molecule has 1 saturated heterocycles. The van der Waals surface area contributed by atoms with Gasteiger partial charge in [0.25, 0.3) is 5.91 Å². The van der Waals surface area contributed by atoms with Gasteiger partial charge in [0.05, 0.1) is 17.9 Å². The lowest BCUT2D eigenvalue weighted by Crippen LogP contribution is -2.64. The molecule has 0 bridgehead atoms. The number of hydrogen-bond acceptors (Lipinski definition) is 5. The van der Waals surface area contributed by atoms with Crippen LogP contribution >= 0.6 is 0 Å². The summed E-state index contributed by atoms with van der Waals surface area (Å²) in [6.07, 6.45) is 2.74. The zero-order chi connectivity index (χ0) is 18.9. The molecule has 7 nitrogen and oxygen atoms in total. The van der Waals surface area contributed by atoms with Gasteiger partial charge in [0, 0.05) is 24.8 Å². The van der Waals surface area contributed by atoms with Gasteiger partial charge in [-0.15, -0.1) is 0 Å². The van der Waals surface area contributed by atoms with Crippen LogP contribution < -0.4 is 0 Å². The molecule has 1 aliphatic rings. The Balaban J connectivity index is 2.18. The van der Waals surface area contributed by atoms with Gasteiger partial charge in [-0.05, 0) is 48.5 Å². The summed E-state index contributed by atoms with van der Waals surface area (Å²) in [6.45, 7) is 13.6. The van der Waals surface area contributed by atoms with Crippen LogP contribution in [0.4, 0.5) is 4.79 Å². The van der Waals surface area contributed by atoms with E-state index in [4.69, 9.17) is 4.74 Å². The molecule has 1 aromatic rings. The first-order valence-corrected chi connectivity index (χ1v) is 8.62. The number of carbonyl (C=O) groups is 2. The molecule has 2 heterocycles. The van der Waals surface area contributed by atoms with E-state index in [0.29, 0.717) is 12.2 Å². The molecule has 0 aromatic carbocycles. The van der Waals surface area contributed by atoms with Crippen molar-refractivity contribution in [2.75, 3.05) is 6.54 Å². The SMILES string of the molecule is Cc1cnc(C(=O)N2C(C)CN(C(=O)OC(C)(C)C)C(C)C2C)cn1. The molecule has 7 heteroatoms. The van der Waals surface area contributed by atoms with Gasteiger partial charge in [-0.25, -0.2) is 9.78 Å². The third-order valence-corrected chi connectivity index (χ3v) is 4.43. The van der Waals surface area contributed by atoms with Crippen LogP contribution in [0, 0.1) is 6.92 Å². The molecule has 2 rings (SSSR count). The Hall–Kier alpha value is -2.18. The van der Waals surface area contributed by atoms with E-state index >= 15 is 0 Å². The summed E-state index contributed by atoms with van der Waals surface area (Å²) in [6, 6.07) is -0.463. The normalized spacial score (nSPS) is 24.2. The molecule has 3 unspecified atom stereocenters. The van der Waals surface area contributed by atoms with E-state index in [0.717, 1.165) is 5.69 Å². The molecular formula is C18H28N4O3. The minimum Gasteiger partial charge on any atom is -0.444 e. The molecule has 138 valence electrons. The quantitative estimate of drug-likeness (QED) is 0.780. The van der Waals surface area contributed by atoms with E-state index in [1.165, 1.54) is 6.20 Å². The summed E-state index contributed by atoms with van der Waals surface area (Å²) in [5.41, 5.74) is 0.538. The average Bonchev–Trinajstić information content (AvgIpc) is 2.49. The Morgan fingerprint density at radius 1 is 1.12 bits per heavy atom. The highest BCUT2D eigenvalue weighted by Gasteiger charge is 2.41. The van der Waals surface area contributed by atoms with E-state index in [1.807, 2.05) is 48.5 Å². The second-order valence-electron chi connectivity index (χ2n) is 7.72. The van der Waals surface area contributed by atoms with Crippen molar-refractivity contribution in [3.8, 4) is 0 Å². The van der Waals surface area contributed by atoms with Crippen LogP contribution in [0.15, 0.2) is 12.4 Å². The molecule has 0 saturated carbocycles. The Bertz CT molecular complexity index is 639. The van der Waals surface area contributed by atoms with Crippen molar-refractivity contribution in [2.45, 2.75) is 72.2 Å². The van der Waals surface area contributed by atoms with Gasteiger partial charge < -0.3 is 14.5 Å². The largest absolute Gasteiger partial charge is 0.444 e. The van der Waals surface area contributed by atoms with Crippen molar-refractivity contribution in [1.82, 2.24) is 19.8 Å². The standard InChI is InChI=1S/C18H28N4O3/c1-11-8-20-15(9-19-11)16(23)22-12(2)10-21(13(3)14(22)4)17(24)25-18(5,6)7/h8-9,12-14H,10H2,1-7H3. The third-order valence-electron chi connectivity index (χ3n) is 4.43. The summed E-state index contributed by atoms with van der Waals surface area (Å²) in [5, 5.41) is 0. The summed E-state index contributed by atoms with van der Waals surface area (Å²) >= 11 is 0. The van der Waals surface area contributed by atoms with Gasteiger partial charge in [0.1, 0.15) is 11.3 Å². The van der Waals surface area contributed by atoms with E-state index in [-0.39, 0.29) is 30.1 Å². The highest BCUT2D eigenvalue weighted by atomic mass is 16.6. The minimum absolute atomic E-state index is 0.144. The van der Waals surface area contributed by atoms with Crippen LogP contribution in [0.5, 0.6) is 0 Å². The van der Waals surface area contributed by atoms with Gasteiger partial charge in [-0.1, -0.05) is 0 Å². The van der Waals surface area contributed by atoms with Crippen molar-refractivity contribution < 1.29 is 14.3 Å². The summed E-state index contributed by atoms with van der Waals surface area (Å²) < 4.78 is 5.50. The predicted molar refractivity (Wildman–Crippen MR) is 94.3 cm³/mol. The Morgan fingerprint density at radius 2 is 1.76 bits per heavy atom. The lowest BCUT2D eigenvalue weighted by Gasteiger charge is -2.48. The molecule has 3 atom stereocenters. The maximum atomic E-state index is 12.9. The van der Waals surface area contributed by atoms with Crippen molar-refractivity contribution in [2.24, 2.45) is 0 Å². The second-order valence-corrected chi connectivity index (χ2v) is 7.72. The molecule has 1 fully saturated rings.